The molecule has 8 heteroatoms. The van der Waals surface area contributed by atoms with E-state index >= 15 is 0 Å². The van der Waals surface area contributed by atoms with Crippen molar-refractivity contribution in [3.63, 3.8) is 0 Å². The van der Waals surface area contributed by atoms with Gasteiger partial charge in [-0.05, 0) is 12.5 Å². The molecule has 0 aliphatic heterocycles. The van der Waals surface area contributed by atoms with Gasteiger partial charge in [-0.1, -0.05) is 30.3 Å². The third kappa shape index (κ3) is 4.27. The fourth-order valence-corrected chi connectivity index (χ4v) is 3.80. The maximum absolute atomic E-state index is 12.1. The van der Waals surface area contributed by atoms with Gasteiger partial charge in [-0.2, -0.15) is 0 Å². The van der Waals surface area contributed by atoms with Crippen molar-refractivity contribution in [2.45, 2.75) is 12.7 Å². The van der Waals surface area contributed by atoms with Crippen LogP contribution in [0.4, 0.5) is 5.00 Å². The number of nitrogens with zero attached hydrogens (tertiary/aromatic N) is 1. The van der Waals surface area contributed by atoms with Crippen molar-refractivity contribution in [3.05, 3.63) is 47.1 Å². The number of ether oxygens (including phenoxy) is 1. The minimum Gasteiger partial charge on any atom is -0.461 e. The van der Waals surface area contributed by atoms with Crippen molar-refractivity contribution in [2.24, 2.45) is 0 Å². The van der Waals surface area contributed by atoms with E-state index in [1.165, 1.54) is 5.51 Å². The molecule has 2 rings (SSSR count). The number of thiazole rings is 1. The molecule has 0 bridgehead atoms. The summed E-state index contributed by atoms with van der Waals surface area (Å²) in [6, 6.07) is 8.78. The normalized spacial score (nSPS) is 11.1. The van der Waals surface area contributed by atoms with Gasteiger partial charge in [0.05, 0.1) is 17.9 Å². The Morgan fingerprint density at radius 2 is 2.05 bits per heavy atom. The molecule has 0 aliphatic carbocycles. The Balaban J connectivity index is 2.14. The molecule has 0 aliphatic rings. The van der Waals surface area contributed by atoms with Crippen LogP contribution in [-0.4, -0.2) is 26.0 Å². The monoisotopic (exact) mass is 326 g/mol. The SMILES string of the molecule is CCOC(=O)c1ncsc1NS(=O)(=O)Cc1ccccc1. The number of hydrogen-bond donors (Lipinski definition) is 1. The highest BCUT2D eigenvalue weighted by Gasteiger charge is 2.20. The predicted molar refractivity (Wildman–Crippen MR) is 80.8 cm³/mol. The third-order valence-electron chi connectivity index (χ3n) is 2.48. The number of esters is 1. The van der Waals surface area contributed by atoms with Crippen LogP contribution in [0.25, 0.3) is 0 Å². The molecule has 0 atom stereocenters. The second-order valence-corrected chi connectivity index (χ2v) is 6.67. The lowest BCUT2D eigenvalue weighted by Crippen LogP contribution is -2.17. The summed E-state index contributed by atoms with van der Waals surface area (Å²) >= 11 is 1.04. The van der Waals surface area contributed by atoms with Crippen molar-refractivity contribution in [3.8, 4) is 0 Å². The van der Waals surface area contributed by atoms with Gasteiger partial charge in [-0.15, -0.1) is 11.3 Å². The maximum atomic E-state index is 12.1. The first-order valence-corrected chi connectivity index (χ1v) is 8.70. The minimum atomic E-state index is -3.62. The van der Waals surface area contributed by atoms with E-state index in [0.29, 0.717) is 5.56 Å². The molecule has 2 aromatic rings. The summed E-state index contributed by atoms with van der Waals surface area (Å²) in [5.74, 6) is -0.815. The first-order chi connectivity index (χ1) is 10.0. The molecule has 1 aromatic carbocycles. The number of carbonyl (C=O) groups is 1. The largest absolute Gasteiger partial charge is 0.461 e. The molecule has 1 aromatic heterocycles. The second-order valence-electron chi connectivity index (χ2n) is 4.10. The molecule has 0 amide bonds. The molecular formula is C13H14N2O4S2. The molecule has 112 valence electrons. The summed E-state index contributed by atoms with van der Waals surface area (Å²) in [6.07, 6.45) is 0. The molecule has 0 saturated carbocycles. The van der Waals surface area contributed by atoms with E-state index in [1.807, 2.05) is 6.07 Å². The van der Waals surface area contributed by atoms with Gasteiger partial charge in [0.2, 0.25) is 10.0 Å². The standard InChI is InChI=1S/C13H14N2O4S2/c1-2-19-13(16)11-12(20-9-14-11)15-21(17,18)8-10-6-4-3-5-7-10/h3-7,9,15H,2,8H2,1H3. The van der Waals surface area contributed by atoms with Gasteiger partial charge in [0.15, 0.2) is 5.69 Å². The first-order valence-electron chi connectivity index (χ1n) is 6.17. The van der Waals surface area contributed by atoms with Crippen LogP contribution >= 0.6 is 11.3 Å². The van der Waals surface area contributed by atoms with E-state index in [0.717, 1.165) is 11.3 Å². The first kappa shape index (κ1) is 15.5. The summed E-state index contributed by atoms with van der Waals surface area (Å²) in [5, 5.41) is 0.171. The Labute approximate surface area is 126 Å². The Hall–Kier alpha value is -1.93. The molecule has 0 spiro atoms. The fraction of sp³-hybridized carbons (Fsp3) is 0.231. The molecule has 1 N–H and O–H groups in total. The smallest absolute Gasteiger partial charge is 0.360 e. The molecule has 0 radical (unpaired) electrons. The van der Waals surface area contributed by atoms with Crippen molar-refractivity contribution in [1.82, 2.24) is 4.98 Å². The van der Waals surface area contributed by atoms with E-state index in [9.17, 15) is 13.2 Å². The fourth-order valence-electron chi connectivity index (χ4n) is 1.63. The Kier molecular flexibility index (Phi) is 4.92. The molecule has 6 nitrogen and oxygen atoms in total. The molecular weight excluding hydrogens is 312 g/mol. The van der Waals surface area contributed by atoms with Gasteiger partial charge in [-0.25, -0.2) is 18.2 Å². The van der Waals surface area contributed by atoms with Crippen LogP contribution < -0.4 is 4.72 Å². The van der Waals surface area contributed by atoms with Crippen LogP contribution in [0.2, 0.25) is 0 Å². The minimum absolute atomic E-state index is 0.0153. The van der Waals surface area contributed by atoms with Gasteiger partial charge >= 0.3 is 5.97 Å². The molecule has 21 heavy (non-hydrogen) atoms. The number of anilines is 1. The van der Waals surface area contributed by atoms with Gasteiger partial charge in [0, 0.05) is 0 Å². The highest BCUT2D eigenvalue weighted by molar-refractivity contribution is 7.92. The van der Waals surface area contributed by atoms with E-state index in [4.69, 9.17) is 4.74 Å². The highest BCUT2D eigenvalue weighted by Crippen LogP contribution is 2.23. The Morgan fingerprint density at radius 3 is 2.71 bits per heavy atom. The summed E-state index contributed by atoms with van der Waals surface area (Å²) < 4.78 is 31.4. The second kappa shape index (κ2) is 6.68. The lowest BCUT2D eigenvalue weighted by Gasteiger charge is -2.07. The zero-order valence-electron chi connectivity index (χ0n) is 11.3. The average Bonchev–Trinajstić information content (AvgIpc) is 2.87. The van der Waals surface area contributed by atoms with Crippen LogP contribution in [-0.2, 0) is 20.5 Å². The van der Waals surface area contributed by atoms with Crippen molar-refractivity contribution in [1.29, 1.82) is 0 Å². The number of hydrogen-bond acceptors (Lipinski definition) is 6. The van der Waals surface area contributed by atoms with Crippen LogP contribution in [0.3, 0.4) is 0 Å². The molecule has 0 unspecified atom stereocenters. The number of sulfonamides is 1. The van der Waals surface area contributed by atoms with Gasteiger partial charge in [0.25, 0.3) is 0 Å². The van der Waals surface area contributed by atoms with Crippen molar-refractivity contribution < 1.29 is 17.9 Å². The topological polar surface area (TPSA) is 85.4 Å². The van der Waals surface area contributed by atoms with Crippen LogP contribution in [0, 0.1) is 0 Å². The Bertz CT molecular complexity index is 711. The maximum Gasteiger partial charge on any atom is 0.360 e. The Morgan fingerprint density at radius 1 is 1.33 bits per heavy atom. The van der Waals surface area contributed by atoms with Gasteiger partial charge < -0.3 is 4.74 Å². The number of aromatic nitrogens is 1. The predicted octanol–water partition coefficient (Wildman–Crippen LogP) is 2.26. The number of rotatable bonds is 6. The third-order valence-corrected chi connectivity index (χ3v) is 4.58. The number of benzene rings is 1. The summed E-state index contributed by atoms with van der Waals surface area (Å²) in [7, 11) is -3.62. The van der Waals surface area contributed by atoms with Crippen molar-refractivity contribution in [2.75, 3.05) is 11.3 Å². The van der Waals surface area contributed by atoms with E-state index in [-0.39, 0.29) is 23.1 Å². The molecule has 0 saturated heterocycles. The summed E-state index contributed by atoms with van der Waals surface area (Å²) in [4.78, 5) is 15.5. The van der Waals surface area contributed by atoms with E-state index in [2.05, 4.69) is 9.71 Å². The zero-order valence-corrected chi connectivity index (χ0v) is 12.9. The van der Waals surface area contributed by atoms with E-state index in [1.54, 1.807) is 31.2 Å². The van der Waals surface area contributed by atoms with E-state index < -0.39 is 16.0 Å². The number of carbonyl (C=O) groups excluding carboxylic acids is 1. The number of nitrogens with one attached hydrogen (secondary N) is 1. The summed E-state index contributed by atoms with van der Waals surface area (Å²) in [6.45, 7) is 1.87. The molecule has 0 fully saturated rings. The van der Waals surface area contributed by atoms with Crippen LogP contribution in [0.15, 0.2) is 35.8 Å². The van der Waals surface area contributed by atoms with Crippen molar-refractivity contribution >= 4 is 32.3 Å². The van der Waals surface area contributed by atoms with Gasteiger partial charge in [0.1, 0.15) is 5.00 Å². The average molecular weight is 326 g/mol. The van der Waals surface area contributed by atoms with Crippen LogP contribution in [0.5, 0.6) is 0 Å². The van der Waals surface area contributed by atoms with Gasteiger partial charge in [-0.3, -0.25) is 4.72 Å². The lowest BCUT2D eigenvalue weighted by atomic mass is 10.2. The highest BCUT2D eigenvalue weighted by atomic mass is 32.2. The quantitative estimate of drug-likeness (QED) is 0.823. The zero-order chi connectivity index (χ0) is 15.3. The summed E-state index contributed by atoms with van der Waals surface area (Å²) in [5.41, 5.74) is 2.04. The van der Waals surface area contributed by atoms with Crippen LogP contribution in [0.1, 0.15) is 23.0 Å². The lowest BCUT2D eigenvalue weighted by molar-refractivity contribution is 0.0521. The molecule has 1 heterocycles.